The molecule has 1 aromatic rings. The number of methoxy groups -OCH3 is 1. The van der Waals surface area contributed by atoms with Gasteiger partial charge in [0.2, 0.25) is 0 Å². The van der Waals surface area contributed by atoms with Gasteiger partial charge in [0.15, 0.2) is 0 Å². The highest BCUT2D eigenvalue weighted by Gasteiger charge is 2.44. The molecule has 3 rings (SSSR count). The number of morpholine rings is 1. The first-order chi connectivity index (χ1) is 8.85. The molecule has 1 heterocycles. The summed E-state index contributed by atoms with van der Waals surface area (Å²) in [4.78, 5) is 0. The number of rotatable bonds is 2. The maximum atomic E-state index is 6.01. The van der Waals surface area contributed by atoms with Crippen LogP contribution in [0, 0.1) is 0 Å². The van der Waals surface area contributed by atoms with Gasteiger partial charge in [-0.15, -0.1) is 0 Å². The molecule has 1 aliphatic carbocycles. The van der Waals surface area contributed by atoms with Gasteiger partial charge >= 0.3 is 0 Å². The molecule has 0 amide bonds. The van der Waals surface area contributed by atoms with Gasteiger partial charge in [-0.2, -0.15) is 0 Å². The van der Waals surface area contributed by atoms with Crippen molar-refractivity contribution in [1.82, 2.24) is 5.32 Å². The van der Waals surface area contributed by atoms with E-state index in [0.717, 1.165) is 31.7 Å². The Morgan fingerprint density at radius 3 is 3.22 bits per heavy atom. The van der Waals surface area contributed by atoms with Crippen LogP contribution in [-0.4, -0.2) is 26.4 Å². The maximum absolute atomic E-state index is 6.01. The van der Waals surface area contributed by atoms with Crippen LogP contribution in [0.1, 0.15) is 31.2 Å². The average molecular weight is 247 g/mol. The molecule has 2 aliphatic rings. The zero-order valence-corrected chi connectivity index (χ0v) is 10.9. The summed E-state index contributed by atoms with van der Waals surface area (Å²) in [5.41, 5.74) is 1.32. The predicted molar refractivity (Wildman–Crippen MR) is 70.9 cm³/mol. The van der Waals surface area contributed by atoms with Crippen LogP contribution in [0.2, 0.25) is 0 Å². The van der Waals surface area contributed by atoms with Crippen LogP contribution in [0.25, 0.3) is 0 Å². The first kappa shape index (κ1) is 12.0. The van der Waals surface area contributed by atoms with Gasteiger partial charge in [-0.25, -0.2) is 0 Å². The van der Waals surface area contributed by atoms with Crippen LogP contribution in [0.4, 0.5) is 0 Å². The van der Waals surface area contributed by atoms with Crippen LogP contribution >= 0.6 is 0 Å². The van der Waals surface area contributed by atoms with Crippen molar-refractivity contribution in [2.75, 3.05) is 20.3 Å². The van der Waals surface area contributed by atoms with E-state index in [1.807, 2.05) is 6.07 Å². The number of fused-ring (bicyclic) bond motifs is 1. The molecule has 1 saturated carbocycles. The molecule has 1 aliphatic heterocycles. The number of hydrogen-bond acceptors (Lipinski definition) is 3. The number of hydrogen-bond donors (Lipinski definition) is 1. The number of nitrogens with one attached hydrogen (secondary N) is 1. The Kier molecular flexibility index (Phi) is 3.27. The monoisotopic (exact) mass is 247 g/mol. The van der Waals surface area contributed by atoms with E-state index in [1.165, 1.54) is 18.4 Å². The molecule has 1 aromatic carbocycles. The van der Waals surface area contributed by atoms with E-state index in [-0.39, 0.29) is 5.54 Å². The molecular formula is C15H21NO2. The minimum atomic E-state index is 0.00500. The standard InChI is InChI=1S/C15H21NO2/c1-17-13-6-4-5-12(11-13)15-8-3-2-7-14(15)18-10-9-16-15/h4-6,11,14,16H,2-3,7-10H2,1H3. The highest BCUT2D eigenvalue weighted by atomic mass is 16.5. The second kappa shape index (κ2) is 4.90. The lowest BCUT2D eigenvalue weighted by Gasteiger charge is -2.48. The largest absolute Gasteiger partial charge is 0.497 e. The lowest BCUT2D eigenvalue weighted by Crippen LogP contribution is -2.59. The van der Waals surface area contributed by atoms with Crippen LogP contribution in [0.15, 0.2) is 24.3 Å². The molecule has 98 valence electrons. The Morgan fingerprint density at radius 1 is 1.39 bits per heavy atom. The minimum Gasteiger partial charge on any atom is -0.497 e. The third-order valence-electron chi connectivity index (χ3n) is 4.28. The smallest absolute Gasteiger partial charge is 0.119 e. The van der Waals surface area contributed by atoms with E-state index < -0.39 is 0 Å². The molecule has 3 nitrogen and oxygen atoms in total. The van der Waals surface area contributed by atoms with E-state index in [1.54, 1.807) is 7.11 Å². The van der Waals surface area contributed by atoms with Gasteiger partial charge < -0.3 is 14.8 Å². The Balaban J connectivity index is 1.98. The molecule has 0 spiro atoms. The van der Waals surface area contributed by atoms with Gasteiger partial charge in [0.05, 0.1) is 25.4 Å². The normalized spacial score (nSPS) is 31.7. The van der Waals surface area contributed by atoms with E-state index in [0.29, 0.717) is 6.10 Å². The summed E-state index contributed by atoms with van der Waals surface area (Å²) in [5, 5.41) is 3.72. The SMILES string of the molecule is COc1cccc(C23CCCCC2OCCN3)c1. The fourth-order valence-corrected chi connectivity index (χ4v) is 3.38. The maximum Gasteiger partial charge on any atom is 0.119 e. The molecule has 2 unspecified atom stereocenters. The highest BCUT2D eigenvalue weighted by Crippen LogP contribution is 2.41. The fraction of sp³-hybridized carbons (Fsp3) is 0.600. The van der Waals surface area contributed by atoms with Crippen LogP contribution in [0.5, 0.6) is 5.75 Å². The van der Waals surface area contributed by atoms with Crippen LogP contribution in [-0.2, 0) is 10.3 Å². The summed E-state index contributed by atoms with van der Waals surface area (Å²) in [6.45, 7) is 1.77. The van der Waals surface area contributed by atoms with Gasteiger partial charge in [-0.3, -0.25) is 0 Å². The van der Waals surface area contributed by atoms with E-state index in [2.05, 4.69) is 23.5 Å². The van der Waals surface area contributed by atoms with Crippen molar-refractivity contribution in [2.24, 2.45) is 0 Å². The van der Waals surface area contributed by atoms with Crippen molar-refractivity contribution < 1.29 is 9.47 Å². The van der Waals surface area contributed by atoms with Crippen molar-refractivity contribution in [3.63, 3.8) is 0 Å². The van der Waals surface area contributed by atoms with Crippen molar-refractivity contribution in [2.45, 2.75) is 37.3 Å². The first-order valence-electron chi connectivity index (χ1n) is 6.86. The van der Waals surface area contributed by atoms with Gasteiger partial charge in [-0.05, 0) is 30.5 Å². The van der Waals surface area contributed by atoms with Crippen molar-refractivity contribution >= 4 is 0 Å². The summed E-state index contributed by atoms with van der Waals surface area (Å²) in [5.74, 6) is 0.929. The summed E-state index contributed by atoms with van der Waals surface area (Å²) in [7, 11) is 1.72. The molecule has 3 heteroatoms. The molecule has 1 N–H and O–H groups in total. The third kappa shape index (κ3) is 1.91. The summed E-state index contributed by atoms with van der Waals surface area (Å²) in [6, 6.07) is 8.43. The highest BCUT2D eigenvalue weighted by molar-refractivity contribution is 5.35. The fourth-order valence-electron chi connectivity index (χ4n) is 3.38. The molecular weight excluding hydrogens is 226 g/mol. The molecule has 0 bridgehead atoms. The lowest BCUT2D eigenvalue weighted by molar-refractivity contribution is -0.0756. The lowest BCUT2D eigenvalue weighted by atomic mass is 9.73. The molecule has 0 aromatic heterocycles. The van der Waals surface area contributed by atoms with Gasteiger partial charge in [-0.1, -0.05) is 25.0 Å². The van der Waals surface area contributed by atoms with Crippen LogP contribution in [0.3, 0.4) is 0 Å². The Labute approximate surface area is 108 Å². The van der Waals surface area contributed by atoms with E-state index >= 15 is 0 Å². The average Bonchev–Trinajstić information content (AvgIpc) is 2.47. The molecule has 2 atom stereocenters. The molecule has 0 radical (unpaired) electrons. The van der Waals surface area contributed by atoms with Crippen molar-refractivity contribution in [1.29, 1.82) is 0 Å². The Bertz CT molecular complexity index is 407. The zero-order chi connectivity index (χ0) is 12.4. The predicted octanol–water partition coefficient (Wildman–Crippen LogP) is 2.45. The van der Waals surface area contributed by atoms with Crippen LogP contribution < -0.4 is 10.1 Å². The number of ether oxygens (including phenoxy) is 2. The minimum absolute atomic E-state index is 0.00500. The topological polar surface area (TPSA) is 30.5 Å². The summed E-state index contributed by atoms with van der Waals surface area (Å²) in [6.07, 6.45) is 5.17. The van der Waals surface area contributed by atoms with Gasteiger partial charge in [0.1, 0.15) is 5.75 Å². The second-order valence-electron chi connectivity index (χ2n) is 5.24. The quantitative estimate of drug-likeness (QED) is 0.870. The molecule has 2 fully saturated rings. The Hall–Kier alpha value is -1.06. The van der Waals surface area contributed by atoms with E-state index in [4.69, 9.17) is 9.47 Å². The summed E-state index contributed by atoms with van der Waals surface area (Å²) >= 11 is 0. The zero-order valence-electron chi connectivity index (χ0n) is 10.9. The third-order valence-corrected chi connectivity index (χ3v) is 4.28. The summed E-state index contributed by atoms with van der Waals surface area (Å²) < 4.78 is 11.4. The van der Waals surface area contributed by atoms with Crippen molar-refractivity contribution in [3.8, 4) is 5.75 Å². The molecule has 1 saturated heterocycles. The second-order valence-corrected chi connectivity index (χ2v) is 5.24. The van der Waals surface area contributed by atoms with E-state index in [9.17, 15) is 0 Å². The van der Waals surface area contributed by atoms with Gasteiger partial charge in [0.25, 0.3) is 0 Å². The van der Waals surface area contributed by atoms with Gasteiger partial charge in [0, 0.05) is 6.54 Å². The molecule has 18 heavy (non-hydrogen) atoms. The number of benzene rings is 1. The first-order valence-corrected chi connectivity index (χ1v) is 6.86. The van der Waals surface area contributed by atoms with Crippen molar-refractivity contribution in [3.05, 3.63) is 29.8 Å². The Morgan fingerprint density at radius 2 is 2.33 bits per heavy atom.